The molecule has 0 aliphatic rings. The lowest BCUT2D eigenvalue weighted by Crippen LogP contribution is -2.17. The quantitative estimate of drug-likeness (QED) is 0.790. The van der Waals surface area contributed by atoms with Gasteiger partial charge in [-0.2, -0.15) is 0 Å². The largest absolute Gasteiger partial charge is 0.465 e. The Morgan fingerprint density at radius 3 is 2.74 bits per heavy atom. The fraction of sp³-hybridized carbons (Fsp3) is 0.214. The molecule has 1 aromatic carbocycles. The number of esters is 1. The predicted molar refractivity (Wildman–Crippen MR) is 72.6 cm³/mol. The average molecular weight is 257 g/mol. The summed E-state index contributed by atoms with van der Waals surface area (Å²) in [6.07, 6.45) is 2.87. The SMILES string of the molecule is COC(=O)c1cncnc1N(C)c1ccccc1C. The molecule has 0 amide bonds. The van der Waals surface area contributed by atoms with Gasteiger partial charge in [-0.15, -0.1) is 0 Å². The van der Waals surface area contributed by atoms with Gasteiger partial charge >= 0.3 is 5.97 Å². The predicted octanol–water partition coefficient (Wildman–Crippen LogP) is 2.34. The highest BCUT2D eigenvalue weighted by Gasteiger charge is 2.18. The fourth-order valence-corrected chi connectivity index (χ4v) is 1.90. The molecule has 1 aromatic heterocycles. The first-order valence-corrected chi connectivity index (χ1v) is 5.83. The van der Waals surface area contributed by atoms with Crippen molar-refractivity contribution in [2.24, 2.45) is 0 Å². The first kappa shape index (κ1) is 13.0. The van der Waals surface area contributed by atoms with Crippen LogP contribution in [0.25, 0.3) is 0 Å². The molecule has 0 atom stereocenters. The van der Waals surface area contributed by atoms with Crippen LogP contribution < -0.4 is 4.90 Å². The number of benzene rings is 1. The van der Waals surface area contributed by atoms with E-state index in [-0.39, 0.29) is 0 Å². The van der Waals surface area contributed by atoms with Crippen LogP contribution in [-0.4, -0.2) is 30.1 Å². The van der Waals surface area contributed by atoms with E-state index < -0.39 is 5.97 Å². The third-order valence-electron chi connectivity index (χ3n) is 2.89. The van der Waals surface area contributed by atoms with Crippen molar-refractivity contribution in [2.45, 2.75) is 6.92 Å². The molecule has 5 nitrogen and oxygen atoms in total. The normalized spacial score (nSPS) is 10.1. The van der Waals surface area contributed by atoms with Gasteiger partial charge in [-0.05, 0) is 18.6 Å². The van der Waals surface area contributed by atoms with Crippen molar-refractivity contribution in [3.8, 4) is 0 Å². The minimum atomic E-state index is -0.448. The molecular weight excluding hydrogens is 242 g/mol. The Bertz CT molecular complexity index is 599. The molecule has 0 spiro atoms. The maximum Gasteiger partial charge on any atom is 0.343 e. The van der Waals surface area contributed by atoms with Gasteiger partial charge in [-0.25, -0.2) is 14.8 Å². The minimum absolute atomic E-state index is 0.343. The fourth-order valence-electron chi connectivity index (χ4n) is 1.90. The van der Waals surface area contributed by atoms with E-state index >= 15 is 0 Å². The van der Waals surface area contributed by atoms with Gasteiger partial charge in [-0.3, -0.25) is 0 Å². The molecule has 2 rings (SSSR count). The maximum absolute atomic E-state index is 11.7. The Morgan fingerprint density at radius 1 is 1.32 bits per heavy atom. The van der Waals surface area contributed by atoms with Gasteiger partial charge in [0, 0.05) is 18.9 Å². The number of hydrogen-bond acceptors (Lipinski definition) is 5. The number of anilines is 2. The van der Waals surface area contributed by atoms with Crippen molar-refractivity contribution in [3.63, 3.8) is 0 Å². The molecule has 5 heteroatoms. The van der Waals surface area contributed by atoms with Gasteiger partial charge in [0.25, 0.3) is 0 Å². The highest BCUT2D eigenvalue weighted by molar-refractivity contribution is 5.95. The number of nitrogens with zero attached hydrogens (tertiary/aromatic N) is 3. The molecule has 0 saturated heterocycles. The highest BCUT2D eigenvalue weighted by Crippen LogP contribution is 2.27. The average Bonchev–Trinajstić information content (AvgIpc) is 2.46. The second kappa shape index (κ2) is 5.48. The monoisotopic (exact) mass is 257 g/mol. The van der Waals surface area contributed by atoms with E-state index in [0.29, 0.717) is 11.4 Å². The second-order valence-electron chi connectivity index (χ2n) is 4.10. The summed E-state index contributed by atoms with van der Waals surface area (Å²) in [5, 5.41) is 0. The third-order valence-corrected chi connectivity index (χ3v) is 2.89. The van der Waals surface area contributed by atoms with Gasteiger partial charge in [0.1, 0.15) is 11.9 Å². The maximum atomic E-state index is 11.7. The first-order chi connectivity index (χ1) is 9.15. The van der Waals surface area contributed by atoms with Gasteiger partial charge in [-0.1, -0.05) is 18.2 Å². The first-order valence-electron chi connectivity index (χ1n) is 5.83. The van der Waals surface area contributed by atoms with Gasteiger partial charge in [0.15, 0.2) is 5.82 Å². The van der Waals surface area contributed by atoms with Gasteiger partial charge < -0.3 is 9.64 Å². The molecular formula is C14H15N3O2. The number of aryl methyl sites for hydroxylation is 1. The summed E-state index contributed by atoms with van der Waals surface area (Å²) >= 11 is 0. The number of methoxy groups -OCH3 is 1. The number of carbonyl (C=O) groups is 1. The van der Waals surface area contributed by atoms with E-state index in [1.165, 1.54) is 19.6 Å². The molecule has 2 aromatic rings. The van der Waals surface area contributed by atoms with Crippen LogP contribution in [0.4, 0.5) is 11.5 Å². The van der Waals surface area contributed by atoms with E-state index in [1.54, 1.807) is 0 Å². The van der Waals surface area contributed by atoms with Crippen LogP contribution in [0.15, 0.2) is 36.8 Å². The van der Waals surface area contributed by atoms with E-state index in [1.807, 2.05) is 43.1 Å². The topological polar surface area (TPSA) is 55.3 Å². The van der Waals surface area contributed by atoms with Crippen LogP contribution in [0.1, 0.15) is 15.9 Å². The summed E-state index contributed by atoms with van der Waals surface area (Å²) in [7, 11) is 3.20. The second-order valence-corrected chi connectivity index (χ2v) is 4.10. The van der Waals surface area contributed by atoms with Crippen LogP contribution in [-0.2, 0) is 4.74 Å². The van der Waals surface area contributed by atoms with Crippen molar-refractivity contribution in [1.82, 2.24) is 9.97 Å². The van der Waals surface area contributed by atoms with Crippen LogP contribution in [0.2, 0.25) is 0 Å². The molecule has 1 heterocycles. The zero-order valence-electron chi connectivity index (χ0n) is 11.1. The number of carbonyl (C=O) groups excluding carboxylic acids is 1. The van der Waals surface area contributed by atoms with Crippen molar-refractivity contribution >= 4 is 17.5 Å². The molecule has 0 N–H and O–H groups in total. The van der Waals surface area contributed by atoms with Gasteiger partial charge in [0.2, 0.25) is 0 Å². The zero-order valence-corrected chi connectivity index (χ0v) is 11.1. The van der Waals surface area contributed by atoms with E-state index in [9.17, 15) is 4.79 Å². The Hall–Kier alpha value is -2.43. The Labute approximate surface area is 111 Å². The highest BCUT2D eigenvalue weighted by atomic mass is 16.5. The van der Waals surface area contributed by atoms with Gasteiger partial charge in [0.05, 0.1) is 7.11 Å². The van der Waals surface area contributed by atoms with Crippen LogP contribution in [0, 0.1) is 6.92 Å². The summed E-state index contributed by atoms with van der Waals surface area (Å²) in [6.45, 7) is 2.00. The van der Waals surface area contributed by atoms with Crippen molar-refractivity contribution in [3.05, 3.63) is 47.9 Å². The summed E-state index contributed by atoms with van der Waals surface area (Å²) in [4.78, 5) is 21.6. The summed E-state index contributed by atoms with van der Waals surface area (Å²) in [6, 6.07) is 7.88. The zero-order chi connectivity index (χ0) is 13.8. The summed E-state index contributed by atoms with van der Waals surface area (Å²) in [5.74, 6) is 0.0761. The Balaban J connectivity index is 2.48. The standard InChI is InChI=1S/C14H15N3O2/c1-10-6-4-5-7-12(10)17(2)13-11(14(18)19-3)8-15-9-16-13/h4-9H,1-3H3. The van der Waals surface area contributed by atoms with Crippen LogP contribution in [0.3, 0.4) is 0 Å². The van der Waals surface area contributed by atoms with E-state index in [2.05, 4.69) is 9.97 Å². The minimum Gasteiger partial charge on any atom is -0.465 e. The van der Waals surface area contributed by atoms with Crippen molar-refractivity contribution < 1.29 is 9.53 Å². The number of para-hydroxylation sites is 1. The number of aromatic nitrogens is 2. The smallest absolute Gasteiger partial charge is 0.343 e. The molecule has 0 fully saturated rings. The molecule has 98 valence electrons. The molecule has 19 heavy (non-hydrogen) atoms. The molecule has 0 saturated carbocycles. The number of hydrogen-bond donors (Lipinski definition) is 0. The molecule has 0 unspecified atom stereocenters. The molecule has 0 radical (unpaired) electrons. The van der Waals surface area contributed by atoms with Crippen molar-refractivity contribution in [1.29, 1.82) is 0 Å². The lowest BCUT2D eigenvalue weighted by atomic mass is 10.1. The van der Waals surface area contributed by atoms with E-state index in [4.69, 9.17) is 4.74 Å². The Morgan fingerprint density at radius 2 is 2.05 bits per heavy atom. The van der Waals surface area contributed by atoms with E-state index in [0.717, 1.165) is 11.3 Å². The summed E-state index contributed by atoms with van der Waals surface area (Å²) in [5.41, 5.74) is 2.42. The summed E-state index contributed by atoms with van der Waals surface area (Å²) < 4.78 is 4.75. The van der Waals surface area contributed by atoms with Crippen LogP contribution >= 0.6 is 0 Å². The molecule has 0 aliphatic heterocycles. The lowest BCUT2D eigenvalue weighted by Gasteiger charge is -2.21. The Kier molecular flexibility index (Phi) is 3.75. The third kappa shape index (κ3) is 2.54. The molecule has 0 aliphatic carbocycles. The number of rotatable bonds is 3. The van der Waals surface area contributed by atoms with Crippen molar-refractivity contribution in [2.75, 3.05) is 19.1 Å². The number of ether oxygens (including phenoxy) is 1. The molecule has 0 bridgehead atoms. The van der Waals surface area contributed by atoms with Crippen LogP contribution in [0.5, 0.6) is 0 Å². The lowest BCUT2D eigenvalue weighted by molar-refractivity contribution is 0.0600.